The molecule has 0 unspecified atom stereocenters. The molecule has 236 valence electrons. The van der Waals surface area contributed by atoms with Crippen LogP contribution in [0.15, 0.2) is 60.7 Å². The van der Waals surface area contributed by atoms with E-state index in [0.29, 0.717) is 6.60 Å². The molecule has 2 aromatic carbocycles. The number of hydrogen-bond donors (Lipinski definition) is 0. The van der Waals surface area contributed by atoms with Crippen molar-refractivity contribution >= 4 is 138 Å². The van der Waals surface area contributed by atoms with E-state index in [1.165, 1.54) is 32.4 Å². The molecule has 0 atom stereocenters. The molecular weight excluding hydrogens is 1240 g/mol. The summed E-state index contributed by atoms with van der Waals surface area (Å²) in [6, 6.07) is 20.7. The molecule has 2 rings (SSSR count). The zero-order chi connectivity index (χ0) is 34.7. The maximum Gasteiger partial charge on any atom is 0.0924 e. The van der Waals surface area contributed by atoms with Gasteiger partial charge in [-0.3, -0.25) is 0 Å². The zero-order valence-corrected chi connectivity index (χ0v) is 50.9. The van der Waals surface area contributed by atoms with Crippen molar-refractivity contribution in [2.24, 2.45) is 0 Å². The Morgan fingerprint density at radius 1 is 0.706 bits per heavy atom. The number of rotatable bonds is 11. The van der Waals surface area contributed by atoms with Crippen molar-refractivity contribution in [1.82, 2.24) is 0 Å². The summed E-state index contributed by atoms with van der Waals surface area (Å²) < 4.78 is 0. The van der Waals surface area contributed by atoms with Gasteiger partial charge in [0.1, 0.15) is 0 Å². The van der Waals surface area contributed by atoms with Crippen LogP contribution in [0.1, 0.15) is 45.7 Å². The van der Waals surface area contributed by atoms with Crippen LogP contribution < -0.4 is 0 Å². The van der Waals surface area contributed by atoms with Gasteiger partial charge in [-0.15, -0.1) is 13.6 Å². The molecule has 51 heavy (non-hydrogen) atoms. The van der Waals surface area contributed by atoms with Crippen LogP contribution in [0, 0.1) is 21.7 Å². The summed E-state index contributed by atoms with van der Waals surface area (Å²) in [5.74, 6) is 0. The molecule has 0 nitrogen and oxygen atoms in total. The van der Waals surface area contributed by atoms with Gasteiger partial charge in [-0.2, -0.15) is 0 Å². The van der Waals surface area contributed by atoms with E-state index in [1.54, 1.807) is 21.1 Å². The first-order valence-corrected chi connectivity index (χ1v) is 14.9. The van der Waals surface area contributed by atoms with Crippen molar-refractivity contribution in [3.8, 4) is 0 Å². The van der Waals surface area contributed by atoms with E-state index < -0.39 is 0 Å². The molecule has 0 spiro atoms. The predicted octanol–water partition coefficient (Wildman–Crippen LogP) is 2.23. The van der Waals surface area contributed by atoms with Gasteiger partial charge in [0.25, 0.3) is 0 Å². The minimum atomic E-state index is -0.278. The Hall–Kier alpha value is 5.47. The summed E-state index contributed by atoms with van der Waals surface area (Å²) in [5, 5.41) is 0. The molecule has 28 radical (unpaired) electrons. The second-order valence-electron chi connectivity index (χ2n) is 7.88. The smallest absolute Gasteiger partial charge is 0.0924 e. The summed E-state index contributed by atoms with van der Waals surface area (Å²) in [4.78, 5) is 0. The molecule has 0 saturated heterocycles. The van der Waals surface area contributed by atoms with Crippen LogP contribution >= 0.6 is 0 Å². The summed E-state index contributed by atoms with van der Waals surface area (Å²) >= 11 is 0. The van der Waals surface area contributed by atoms with E-state index in [9.17, 15) is 0 Å². The summed E-state index contributed by atoms with van der Waals surface area (Å²) in [6.45, 7) is 19.9. The molecule has 2 aromatic rings. The number of benzene rings is 2. The first-order chi connectivity index (χ1) is 20.7. The predicted molar refractivity (Wildman–Crippen MR) is 239 cm³/mol. The first kappa shape index (κ1) is 96.3. The van der Waals surface area contributed by atoms with E-state index in [0.717, 1.165) is 19.0 Å². The van der Waals surface area contributed by atoms with E-state index in [4.69, 9.17) is 46.4 Å². The van der Waals surface area contributed by atoms with Gasteiger partial charge in [-0.25, -0.2) is 0 Å². The third-order valence-electron chi connectivity index (χ3n) is 4.18. The zero-order valence-electron chi connectivity index (χ0n) is 33.7. The SMILES string of the molecule is CC.CC.[B]B([B])[B][B]CC.[B][B].[B][B]B([B])[B]B(C)Cc1ccccc1.[B][B]C.[B][B][B]C.[CH2-][B]Cc1ccccc1.[CH3-].[CH3-].[W].[W].[Y].[Y].[Y].[Y]. The Bertz CT molecular complexity index is 687. The Morgan fingerprint density at radius 3 is 1.27 bits per heavy atom. The van der Waals surface area contributed by atoms with E-state index in [-0.39, 0.29) is 201 Å². The molecule has 0 bridgehead atoms. The minimum Gasteiger partial charge on any atom is -0.373 e. The van der Waals surface area contributed by atoms with Crippen molar-refractivity contribution in [2.45, 2.75) is 74.0 Å². The fourth-order valence-corrected chi connectivity index (χ4v) is 2.57. The first-order valence-electron chi connectivity index (χ1n) is 14.9. The van der Waals surface area contributed by atoms with Crippen LogP contribution in [0.4, 0.5) is 0 Å². The largest absolute Gasteiger partial charge is 0.373 e. The van der Waals surface area contributed by atoms with Crippen molar-refractivity contribution < 1.29 is 173 Å². The van der Waals surface area contributed by atoms with E-state index in [1.807, 2.05) is 80.2 Å². The molecule has 0 aromatic heterocycles. The summed E-state index contributed by atoms with van der Waals surface area (Å²) in [7, 11) is 52.9. The normalized spacial score (nSPS) is 6.14. The van der Waals surface area contributed by atoms with Gasteiger partial charge >= 0.3 is 0 Å². The Kier molecular flexibility index (Phi) is 181. The molecule has 0 aliphatic heterocycles. The standard InChI is InChI=1S/C8H10B6.C8H9B.C2H5B5.2C2H6.CH3B3.CH3B2.2CH3.B2.2W.4Y/c1-13(12-14(10)11-9)7-8-5-3-2-4-6-8;1-9-7-8-5-3-2-4-6-8;1-2-5-6-7(3)4;2*1-2;1-3-4-2;1-3-2;;;1-2;;;;;;/h2-6H,7H2,1H3;2-6H,1,7H2;2H2,1H3;2*1-2H3;1H3;1H3;2*1H3;;;;;;;/q;-1;;;;;;2*-1;;;;;;;. The van der Waals surface area contributed by atoms with Gasteiger partial charge in [0, 0.05) is 276 Å². The Balaban J connectivity index is -0.0000000276. The van der Waals surface area contributed by atoms with Crippen molar-refractivity contribution in [3.63, 3.8) is 0 Å². The minimum absolute atomic E-state index is 0. The van der Waals surface area contributed by atoms with E-state index >= 15 is 0 Å². The van der Waals surface area contributed by atoms with Gasteiger partial charge in [0.05, 0.1) is 28.1 Å². The summed E-state index contributed by atoms with van der Waals surface area (Å²) in [6.07, 6.45) is 2.61. The van der Waals surface area contributed by atoms with Crippen LogP contribution in [-0.4, -0.2) is 138 Å². The van der Waals surface area contributed by atoms with Crippen LogP contribution in [0.3, 0.4) is 0 Å². The average molecular weight is 1290 g/mol. The van der Waals surface area contributed by atoms with Crippen molar-refractivity contribution in [1.29, 1.82) is 0 Å². The van der Waals surface area contributed by atoms with Crippen LogP contribution in [-0.2, 0) is 186 Å². The van der Waals surface area contributed by atoms with Gasteiger partial charge < -0.3 is 21.7 Å². The molecule has 0 fully saturated rings. The van der Waals surface area contributed by atoms with Crippen molar-refractivity contribution in [2.75, 3.05) is 0 Å². The molecule has 0 saturated carbocycles. The maximum absolute atomic E-state index is 5.69. The molecule has 0 N–H and O–H groups in total. The molecular formula is C26H48B19W2Y4-3. The number of hydrogen-bond acceptors (Lipinski definition) is 0. The quantitative estimate of drug-likeness (QED) is 0.240. The fraction of sp³-hybridized carbons (Fsp3) is 0.423. The molecule has 0 aliphatic rings. The van der Waals surface area contributed by atoms with E-state index in [2.05, 4.69) is 72.6 Å². The monoisotopic (exact) mass is 1290 g/mol. The topological polar surface area (TPSA) is 0 Å². The summed E-state index contributed by atoms with van der Waals surface area (Å²) in [5.41, 5.74) is 2.66. The van der Waals surface area contributed by atoms with Crippen LogP contribution in [0.5, 0.6) is 0 Å². The van der Waals surface area contributed by atoms with Crippen molar-refractivity contribution in [3.05, 3.63) is 93.5 Å². The van der Waals surface area contributed by atoms with Gasteiger partial charge in [-0.05, 0) is 0 Å². The Morgan fingerprint density at radius 2 is 1.04 bits per heavy atom. The molecule has 0 amide bonds. The van der Waals surface area contributed by atoms with Gasteiger partial charge in [-0.1, -0.05) is 139 Å². The van der Waals surface area contributed by atoms with Crippen LogP contribution in [0.2, 0.25) is 26.8 Å². The fourth-order valence-electron chi connectivity index (χ4n) is 2.57. The second-order valence-corrected chi connectivity index (χ2v) is 7.88. The molecule has 0 aliphatic carbocycles. The maximum atomic E-state index is 5.69. The Labute approximate surface area is 470 Å². The average Bonchev–Trinajstić information content (AvgIpc) is 3.05. The molecule has 0 heterocycles. The second kappa shape index (κ2) is 95.7. The third kappa shape index (κ3) is 102. The third-order valence-corrected chi connectivity index (χ3v) is 4.18. The van der Waals surface area contributed by atoms with Gasteiger partial charge in [0.2, 0.25) is 0 Å². The van der Waals surface area contributed by atoms with Crippen LogP contribution in [0.25, 0.3) is 0 Å². The van der Waals surface area contributed by atoms with Gasteiger partial charge in [0.15, 0.2) is 0 Å². The molecule has 25 heteroatoms.